The Labute approximate surface area is 158 Å². The van der Waals surface area contributed by atoms with Crippen molar-refractivity contribution in [2.24, 2.45) is 4.99 Å². The molecular weight excluding hydrogens is 409 g/mol. The molecule has 1 rings (SSSR count). The maximum absolute atomic E-state index is 5.93. The molecule has 1 saturated carbocycles. The van der Waals surface area contributed by atoms with Crippen molar-refractivity contribution in [3.63, 3.8) is 0 Å². The van der Waals surface area contributed by atoms with Crippen LogP contribution in [0.25, 0.3) is 0 Å². The Morgan fingerprint density at radius 1 is 1.18 bits per heavy atom. The van der Waals surface area contributed by atoms with Gasteiger partial charge in [0.1, 0.15) is 0 Å². The van der Waals surface area contributed by atoms with Crippen molar-refractivity contribution in [3.8, 4) is 0 Å². The largest absolute Gasteiger partial charge is 0.378 e. The predicted molar refractivity (Wildman–Crippen MR) is 110 cm³/mol. The minimum atomic E-state index is 0. The summed E-state index contributed by atoms with van der Waals surface area (Å²) in [6.45, 7) is 5.71. The summed E-state index contributed by atoms with van der Waals surface area (Å²) >= 11 is 1.88. The van der Waals surface area contributed by atoms with Crippen molar-refractivity contribution < 1.29 is 4.74 Å². The zero-order chi connectivity index (χ0) is 15.2. The zero-order valence-corrected chi connectivity index (χ0v) is 17.4. The fraction of sp³-hybridized carbons (Fsp3) is 0.938. The Kier molecular flexibility index (Phi) is 16.4. The summed E-state index contributed by atoms with van der Waals surface area (Å²) in [6.07, 6.45) is 11.4. The summed E-state index contributed by atoms with van der Waals surface area (Å²) in [4.78, 5) is 4.58. The van der Waals surface area contributed by atoms with E-state index in [4.69, 9.17) is 4.74 Å². The van der Waals surface area contributed by atoms with Crippen LogP contribution in [-0.2, 0) is 4.74 Å². The van der Waals surface area contributed by atoms with E-state index in [-0.39, 0.29) is 24.0 Å². The molecule has 22 heavy (non-hydrogen) atoms. The summed E-state index contributed by atoms with van der Waals surface area (Å²) in [7, 11) is 0. The molecule has 0 aromatic carbocycles. The second-order valence-electron chi connectivity index (χ2n) is 5.52. The molecule has 1 aliphatic rings. The van der Waals surface area contributed by atoms with E-state index in [0.717, 1.165) is 45.0 Å². The average molecular weight is 443 g/mol. The van der Waals surface area contributed by atoms with Crippen LogP contribution in [0.1, 0.15) is 51.9 Å². The fourth-order valence-electron chi connectivity index (χ4n) is 2.50. The molecule has 1 fully saturated rings. The third-order valence-corrected chi connectivity index (χ3v) is 4.34. The molecule has 132 valence electrons. The SMILES string of the molecule is CCNC(=NCCCSC)NCCCOC1CCCCC1.I. The molecule has 0 aromatic heterocycles. The van der Waals surface area contributed by atoms with Crippen LogP contribution in [0.3, 0.4) is 0 Å². The number of halogens is 1. The van der Waals surface area contributed by atoms with Gasteiger partial charge in [0.05, 0.1) is 6.10 Å². The zero-order valence-electron chi connectivity index (χ0n) is 14.2. The number of nitrogens with one attached hydrogen (secondary N) is 2. The maximum atomic E-state index is 5.93. The van der Waals surface area contributed by atoms with E-state index in [9.17, 15) is 0 Å². The second kappa shape index (κ2) is 16.2. The lowest BCUT2D eigenvalue weighted by atomic mass is 9.98. The number of ether oxygens (including phenoxy) is 1. The Morgan fingerprint density at radius 3 is 2.64 bits per heavy atom. The number of rotatable bonds is 10. The smallest absolute Gasteiger partial charge is 0.191 e. The first-order chi connectivity index (χ1) is 10.4. The van der Waals surface area contributed by atoms with Crippen LogP contribution in [0.5, 0.6) is 0 Å². The van der Waals surface area contributed by atoms with E-state index >= 15 is 0 Å². The summed E-state index contributed by atoms with van der Waals surface area (Å²) in [6, 6.07) is 0. The topological polar surface area (TPSA) is 45.7 Å². The molecule has 0 saturated heterocycles. The van der Waals surface area contributed by atoms with Crippen LogP contribution in [0.15, 0.2) is 4.99 Å². The van der Waals surface area contributed by atoms with Crippen molar-refractivity contribution in [2.75, 3.05) is 38.2 Å². The van der Waals surface area contributed by atoms with E-state index in [1.165, 1.54) is 37.9 Å². The Morgan fingerprint density at radius 2 is 1.95 bits per heavy atom. The van der Waals surface area contributed by atoms with Gasteiger partial charge >= 0.3 is 0 Å². The summed E-state index contributed by atoms with van der Waals surface area (Å²) in [5.74, 6) is 2.12. The third kappa shape index (κ3) is 11.8. The molecule has 0 amide bonds. The van der Waals surface area contributed by atoms with Gasteiger partial charge < -0.3 is 15.4 Å². The Bertz CT molecular complexity index is 274. The molecule has 2 N–H and O–H groups in total. The first kappa shape index (κ1) is 22.3. The lowest BCUT2D eigenvalue weighted by molar-refractivity contribution is 0.0277. The van der Waals surface area contributed by atoms with E-state index in [2.05, 4.69) is 28.8 Å². The van der Waals surface area contributed by atoms with Gasteiger partial charge in [-0.05, 0) is 44.6 Å². The summed E-state index contributed by atoms with van der Waals surface area (Å²) < 4.78 is 5.93. The van der Waals surface area contributed by atoms with Gasteiger partial charge in [-0.2, -0.15) is 11.8 Å². The second-order valence-corrected chi connectivity index (χ2v) is 6.50. The lowest BCUT2D eigenvalue weighted by Gasteiger charge is -2.22. The molecule has 0 aromatic rings. The highest BCUT2D eigenvalue weighted by molar-refractivity contribution is 14.0. The van der Waals surface area contributed by atoms with Gasteiger partial charge in [0.2, 0.25) is 0 Å². The normalized spacial score (nSPS) is 16.2. The number of nitrogens with zero attached hydrogens (tertiary/aromatic N) is 1. The first-order valence-corrected chi connectivity index (χ1v) is 9.89. The minimum absolute atomic E-state index is 0. The number of guanidine groups is 1. The summed E-state index contributed by atoms with van der Waals surface area (Å²) in [5.41, 5.74) is 0. The van der Waals surface area contributed by atoms with Crippen LogP contribution in [0, 0.1) is 0 Å². The number of aliphatic imine (C=N–C) groups is 1. The molecule has 4 nitrogen and oxygen atoms in total. The van der Waals surface area contributed by atoms with Gasteiger partial charge in [-0.25, -0.2) is 0 Å². The molecule has 0 unspecified atom stereocenters. The van der Waals surface area contributed by atoms with Crippen molar-refractivity contribution >= 4 is 41.7 Å². The van der Waals surface area contributed by atoms with Crippen molar-refractivity contribution in [1.29, 1.82) is 0 Å². The molecule has 0 heterocycles. The number of thioether (sulfide) groups is 1. The standard InChI is InChI=1S/C16H33N3OS.HI/c1-3-17-16(19-12-8-14-21-2)18-11-7-13-20-15-9-5-4-6-10-15;/h15H,3-14H2,1-2H3,(H2,17,18,19);1H. The van der Waals surface area contributed by atoms with Crippen LogP contribution in [0.2, 0.25) is 0 Å². The van der Waals surface area contributed by atoms with Crippen molar-refractivity contribution in [2.45, 2.75) is 58.0 Å². The number of hydrogen-bond acceptors (Lipinski definition) is 3. The van der Waals surface area contributed by atoms with Gasteiger partial charge in [0.15, 0.2) is 5.96 Å². The van der Waals surface area contributed by atoms with Crippen LogP contribution >= 0.6 is 35.7 Å². The summed E-state index contributed by atoms with van der Waals surface area (Å²) in [5, 5.41) is 6.68. The highest BCUT2D eigenvalue weighted by Gasteiger charge is 2.12. The van der Waals surface area contributed by atoms with Crippen molar-refractivity contribution in [3.05, 3.63) is 0 Å². The molecule has 1 aliphatic carbocycles. The molecule has 0 aliphatic heterocycles. The van der Waals surface area contributed by atoms with Crippen LogP contribution in [0.4, 0.5) is 0 Å². The molecule has 0 spiro atoms. The minimum Gasteiger partial charge on any atom is -0.378 e. The molecule has 6 heteroatoms. The molecule has 0 atom stereocenters. The molecular formula is C16H34IN3OS. The highest BCUT2D eigenvalue weighted by Crippen LogP contribution is 2.20. The van der Waals surface area contributed by atoms with E-state index in [1.807, 2.05) is 11.8 Å². The van der Waals surface area contributed by atoms with E-state index in [0.29, 0.717) is 6.10 Å². The number of hydrogen-bond donors (Lipinski definition) is 2. The van der Waals surface area contributed by atoms with Gasteiger partial charge in [-0.15, -0.1) is 24.0 Å². The monoisotopic (exact) mass is 443 g/mol. The first-order valence-electron chi connectivity index (χ1n) is 8.49. The maximum Gasteiger partial charge on any atom is 0.191 e. The third-order valence-electron chi connectivity index (χ3n) is 3.64. The predicted octanol–water partition coefficient (Wildman–Crippen LogP) is 3.65. The Balaban J connectivity index is 0.00000441. The van der Waals surface area contributed by atoms with Crippen molar-refractivity contribution in [1.82, 2.24) is 10.6 Å². The van der Waals surface area contributed by atoms with E-state index < -0.39 is 0 Å². The quantitative estimate of drug-likeness (QED) is 0.234. The van der Waals surface area contributed by atoms with E-state index in [1.54, 1.807) is 0 Å². The lowest BCUT2D eigenvalue weighted by Crippen LogP contribution is -2.38. The van der Waals surface area contributed by atoms with Gasteiger partial charge in [-0.1, -0.05) is 19.3 Å². The Hall–Kier alpha value is 0.310. The van der Waals surface area contributed by atoms with Gasteiger partial charge in [0.25, 0.3) is 0 Å². The van der Waals surface area contributed by atoms with Crippen LogP contribution < -0.4 is 10.6 Å². The molecule has 0 bridgehead atoms. The van der Waals surface area contributed by atoms with Gasteiger partial charge in [-0.3, -0.25) is 4.99 Å². The van der Waals surface area contributed by atoms with Gasteiger partial charge in [0, 0.05) is 26.2 Å². The molecule has 0 radical (unpaired) electrons. The highest BCUT2D eigenvalue weighted by atomic mass is 127. The average Bonchev–Trinajstić information content (AvgIpc) is 2.52. The fourth-order valence-corrected chi connectivity index (χ4v) is 2.92. The van der Waals surface area contributed by atoms with Crippen LogP contribution in [-0.4, -0.2) is 50.3 Å².